The molecule has 8 nitrogen and oxygen atoms in total. The highest BCUT2D eigenvalue weighted by molar-refractivity contribution is 7.91. The van der Waals surface area contributed by atoms with Gasteiger partial charge in [-0.1, -0.05) is 13.8 Å². The van der Waals surface area contributed by atoms with Crippen LogP contribution in [-0.4, -0.2) is 45.5 Å². The number of nitrogens with one attached hydrogen (secondary N) is 2. The van der Waals surface area contributed by atoms with Crippen molar-refractivity contribution in [2.75, 3.05) is 25.2 Å². The van der Waals surface area contributed by atoms with Gasteiger partial charge in [0, 0.05) is 5.56 Å². The minimum atomic E-state index is -3.16. The van der Waals surface area contributed by atoms with Crippen molar-refractivity contribution in [3.05, 3.63) is 23.8 Å². The molecule has 0 spiro atoms. The SMILES string of the molecule is COc1cc(C(=O)NNC(=O)[C@H]2CCS(=O)(=O)C2)ccc1OCCC(C)C. The molecular weight excluding hydrogens is 372 g/mol. The lowest BCUT2D eigenvalue weighted by molar-refractivity contribution is -0.125. The molecule has 1 heterocycles. The maximum absolute atomic E-state index is 12.2. The summed E-state index contributed by atoms with van der Waals surface area (Å²) in [5.74, 6) is -0.406. The van der Waals surface area contributed by atoms with E-state index in [0.717, 1.165) is 6.42 Å². The Morgan fingerprint density at radius 3 is 2.56 bits per heavy atom. The van der Waals surface area contributed by atoms with Crippen LogP contribution < -0.4 is 20.3 Å². The molecule has 1 aromatic rings. The van der Waals surface area contributed by atoms with E-state index in [-0.39, 0.29) is 23.5 Å². The van der Waals surface area contributed by atoms with E-state index in [4.69, 9.17) is 9.47 Å². The molecule has 27 heavy (non-hydrogen) atoms. The first-order valence-electron chi connectivity index (χ1n) is 8.83. The first-order valence-corrected chi connectivity index (χ1v) is 10.7. The van der Waals surface area contributed by atoms with Gasteiger partial charge in [-0.25, -0.2) is 8.42 Å². The maximum Gasteiger partial charge on any atom is 0.269 e. The summed E-state index contributed by atoms with van der Waals surface area (Å²) in [6.07, 6.45) is 1.16. The number of rotatable bonds is 7. The molecule has 150 valence electrons. The summed E-state index contributed by atoms with van der Waals surface area (Å²) >= 11 is 0. The van der Waals surface area contributed by atoms with Crippen LogP contribution in [0.5, 0.6) is 11.5 Å². The smallest absolute Gasteiger partial charge is 0.269 e. The Hall–Kier alpha value is -2.29. The van der Waals surface area contributed by atoms with Gasteiger partial charge in [-0.05, 0) is 37.0 Å². The molecule has 0 aliphatic carbocycles. The second-order valence-corrected chi connectivity index (χ2v) is 9.17. The number of ether oxygens (including phenoxy) is 2. The number of hydrazine groups is 1. The van der Waals surface area contributed by atoms with Gasteiger partial charge in [0.2, 0.25) is 5.91 Å². The number of methoxy groups -OCH3 is 1. The minimum absolute atomic E-state index is 0.00545. The predicted molar refractivity (Wildman–Crippen MR) is 100 cm³/mol. The number of hydrogen-bond donors (Lipinski definition) is 2. The third-order valence-corrected chi connectivity index (χ3v) is 6.05. The zero-order valence-electron chi connectivity index (χ0n) is 15.8. The highest BCUT2D eigenvalue weighted by atomic mass is 32.2. The third kappa shape index (κ3) is 6.13. The van der Waals surface area contributed by atoms with Crippen molar-refractivity contribution in [2.24, 2.45) is 11.8 Å². The van der Waals surface area contributed by atoms with Gasteiger partial charge in [0.1, 0.15) is 0 Å². The molecule has 0 saturated carbocycles. The Bertz CT molecular complexity index is 791. The summed E-state index contributed by atoms with van der Waals surface area (Å²) in [6.45, 7) is 4.74. The lowest BCUT2D eigenvalue weighted by Gasteiger charge is -2.14. The van der Waals surface area contributed by atoms with Crippen molar-refractivity contribution in [1.82, 2.24) is 10.9 Å². The predicted octanol–water partition coefficient (Wildman–Crippen LogP) is 1.32. The fourth-order valence-corrected chi connectivity index (χ4v) is 4.37. The fourth-order valence-electron chi connectivity index (χ4n) is 2.63. The zero-order valence-corrected chi connectivity index (χ0v) is 16.6. The summed E-state index contributed by atoms with van der Waals surface area (Å²) in [5.41, 5.74) is 4.87. The van der Waals surface area contributed by atoms with Crippen molar-refractivity contribution in [2.45, 2.75) is 26.7 Å². The van der Waals surface area contributed by atoms with E-state index in [0.29, 0.717) is 24.0 Å². The molecule has 1 aliphatic heterocycles. The topological polar surface area (TPSA) is 111 Å². The van der Waals surface area contributed by atoms with Gasteiger partial charge >= 0.3 is 0 Å². The van der Waals surface area contributed by atoms with Crippen LogP contribution in [0.25, 0.3) is 0 Å². The second kappa shape index (κ2) is 9.07. The van der Waals surface area contributed by atoms with Crippen LogP contribution >= 0.6 is 0 Å². The molecule has 2 N–H and O–H groups in total. The van der Waals surface area contributed by atoms with Crippen LogP contribution in [0.4, 0.5) is 0 Å². The number of carbonyl (C=O) groups is 2. The lowest BCUT2D eigenvalue weighted by atomic mass is 10.1. The Morgan fingerprint density at radius 2 is 1.96 bits per heavy atom. The zero-order chi connectivity index (χ0) is 20.0. The van der Waals surface area contributed by atoms with E-state index in [2.05, 4.69) is 24.7 Å². The van der Waals surface area contributed by atoms with Gasteiger partial charge in [0.15, 0.2) is 21.3 Å². The molecule has 2 amide bonds. The van der Waals surface area contributed by atoms with Gasteiger partial charge in [0.05, 0.1) is 31.1 Å². The molecule has 1 aliphatic rings. The normalized spacial score (nSPS) is 18.1. The first-order chi connectivity index (χ1) is 12.7. The summed E-state index contributed by atoms with van der Waals surface area (Å²) < 4.78 is 33.8. The summed E-state index contributed by atoms with van der Waals surface area (Å²) in [7, 11) is -1.68. The van der Waals surface area contributed by atoms with Gasteiger partial charge < -0.3 is 9.47 Å². The van der Waals surface area contributed by atoms with Crippen LogP contribution in [0.2, 0.25) is 0 Å². The lowest BCUT2D eigenvalue weighted by Crippen LogP contribution is -2.44. The van der Waals surface area contributed by atoms with Crippen LogP contribution in [-0.2, 0) is 14.6 Å². The molecule has 0 aromatic heterocycles. The van der Waals surface area contributed by atoms with Gasteiger partial charge in [-0.15, -0.1) is 0 Å². The Kier molecular flexibility index (Phi) is 7.06. The number of sulfone groups is 1. The molecular formula is C18H26N2O6S. The van der Waals surface area contributed by atoms with Gasteiger partial charge in [-0.3, -0.25) is 20.4 Å². The van der Waals surface area contributed by atoms with Crippen molar-refractivity contribution >= 4 is 21.7 Å². The van der Waals surface area contributed by atoms with E-state index >= 15 is 0 Å². The average molecular weight is 398 g/mol. The summed E-state index contributed by atoms with van der Waals surface area (Å²) in [4.78, 5) is 24.2. The summed E-state index contributed by atoms with van der Waals surface area (Å²) in [5, 5.41) is 0. The molecule has 2 rings (SSSR count). The number of hydrogen-bond acceptors (Lipinski definition) is 6. The molecule has 1 aromatic carbocycles. The minimum Gasteiger partial charge on any atom is -0.493 e. The quantitative estimate of drug-likeness (QED) is 0.670. The van der Waals surface area contributed by atoms with E-state index in [1.54, 1.807) is 12.1 Å². The second-order valence-electron chi connectivity index (χ2n) is 6.94. The maximum atomic E-state index is 12.2. The van der Waals surface area contributed by atoms with Crippen LogP contribution in [0.15, 0.2) is 18.2 Å². The van der Waals surface area contributed by atoms with E-state index in [1.165, 1.54) is 13.2 Å². The third-order valence-electron chi connectivity index (χ3n) is 4.28. The van der Waals surface area contributed by atoms with Crippen LogP contribution in [0.3, 0.4) is 0 Å². The summed E-state index contributed by atoms with van der Waals surface area (Å²) in [6, 6.07) is 4.72. The van der Waals surface area contributed by atoms with Crippen molar-refractivity contribution in [3.8, 4) is 11.5 Å². The Morgan fingerprint density at radius 1 is 1.22 bits per heavy atom. The monoisotopic (exact) mass is 398 g/mol. The van der Waals surface area contributed by atoms with Crippen molar-refractivity contribution in [3.63, 3.8) is 0 Å². The molecule has 0 radical (unpaired) electrons. The van der Waals surface area contributed by atoms with Crippen molar-refractivity contribution < 1.29 is 27.5 Å². The van der Waals surface area contributed by atoms with E-state index in [9.17, 15) is 18.0 Å². The molecule has 9 heteroatoms. The van der Waals surface area contributed by atoms with Gasteiger partial charge in [-0.2, -0.15) is 0 Å². The number of benzene rings is 1. The Balaban J connectivity index is 1.93. The first kappa shape index (κ1) is 21.0. The largest absolute Gasteiger partial charge is 0.493 e. The average Bonchev–Trinajstić information content (AvgIpc) is 2.99. The fraction of sp³-hybridized carbons (Fsp3) is 0.556. The standard InChI is InChI=1S/C18H26N2O6S/c1-12(2)6-8-26-15-5-4-13(10-16(15)25-3)17(21)19-20-18(22)14-7-9-27(23,24)11-14/h4-5,10,12,14H,6-9,11H2,1-3H3,(H,19,21)(H,20,22)/t14-/m0/s1. The highest BCUT2D eigenvalue weighted by Crippen LogP contribution is 2.28. The molecule has 1 atom stereocenters. The molecule has 1 fully saturated rings. The Labute approximate surface area is 159 Å². The highest BCUT2D eigenvalue weighted by Gasteiger charge is 2.33. The molecule has 0 unspecified atom stereocenters. The van der Waals surface area contributed by atoms with Crippen molar-refractivity contribution in [1.29, 1.82) is 0 Å². The van der Waals surface area contributed by atoms with E-state index in [1.807, 2.05) is 0 Å². The molecule has 0 bridgehead atoms. The van der Waals surface area contributed by atoms with Gasteiger partial charge in [0.25, 0.3) is 5.91 Å². The number of carbonyl (C=O) groups excluding carboxylic acids is 2. The van der Waals surface area contributed by atoms with E-state index < -0.39 is 27.6 Å². The van der Waals surface area contributed by atoms with Crippen LogP contribution in [0, 0.1) is 11.8 Å². The number of amides is 2. The van der Waals surface area contributed by atoms with Crippen LogP contribution in [0.1, 0.15) is 37.0 Å². The molecule has 1 saturated heterocycles.